The van der Waals surface area contributed by atoms with Crippen molar-refractivity contribution < 1.29 is 13.5 Å². The first-order valence-electron chi connectivity index (χ1n) is 7.34. The van der Waals surface area contributed by atoms with Gasteiger partial charge >= 0.3 is 0 Å². The van der Waals surface area contributed by atoms with Gasteiger partial charge in [0, 0.05) is 30.3 Å². The van der Waals surface area contributed by atoms with E-state index in [4.69, 9.17) is 5.73 Å². The Balaban J connectivity index is 1.99. The highest BCUT2D eigenvalue weighted by Gasteiger charge is 2.50. The zero-order valence-electron chi connectivity index (χ0n) is 11.9. The van der Waals surface area contributed by atoms with Gasteiger partial charge in [0.05, 0.1) is 11.5 Å². The second-order valence-electron chi connectivity index (χ2n) is 6.06. The van der Waals surface area contributed by atoms with Crippen LogP contribution in [-0.4, -0.2) is 42.0 Å². The van der Waals surface area contributed by atoms with Crippen molar-refractivity contribution in [3.05, 3.63) is 18.3 Å². The molecule has 0 spiro atoms. The maximum Gasteiger partial charge on any atom is 0.243 e. The van der Waals surface area contributed by atoms with Gasteiger partial charge in [-0.15, -0.1) is 0 Å². The molecular formula is C14H21N3O3S. The van der Waals surface area contributed by atoms with Crippen LogP contribution in [0.25, 0.3) is 0 Å². The second kappa shape index (κ2) is 5.23. The van der Waals surface area contributed by atoms with Crippen molar-refractivity contribution >= 4 is 15.8 Å². The molecule has 1 saturated carbocycles. The van der Waals surface area contributed by atoms with Crippen LogP contribution in [-0.2, 0) is 10.0 Å². The van der Waals surface area contributed by atoms with E-state index in [1.165, 1.54) is 18.3 Å². The van der Waals surface area contributed by atoms with Gasteiger partial charge in [-0.2, -0.15) is 4.31 Å². The van der Waals surface area contributed by atoms with E-state index >= 15 is 0 Å². The molecule has 3 N–H and O–H groups in total. The number of nitrogen functional groups attached to an aromatic ring is 1. The molecule has 1 saturated heterocycles. The molecule has 2 fully saturated rings. The Morgan fingerprint density at radius 1 is 1.43 bits per heavy atom. The van der Waals surface area contributed by atoms with Crippen LogP contribution in [0.15, 0.2) is 23.2 Å². The lowest BCUT2D eigenvalue weighted by Crippen LogP contribution is -2.53. The summed E-state index contributed by atoms with van der Waals surface area (Å²) in [5, 5.41) is 9.80. The number of sulfonamides is 1. The van der Waals surface area contributed by atoms with Crippen molar-refractivity contribution in [1.82, 2.24) is 9.29 Å². The normalized spacial score (nSPS) is 30.2. The number of hydrogen-bond donors (Lipinski definition) is 2. The Morgan fingerprint density at radius 2 is 2.19 bits per heavy atom. The summed E-state index contributed by atoms with van der Waals surface area (Å²) in [5.74, 6) is 0.202. The molecule has 2 atom stereocenters. The van der Waals surface area contributed by atoms with E-state index in [1.807, 2.05) is 0 Å². The third-order valence-corrected chi connectivity index (χ3v) is 6.84. The standard InChI is InChI=1S/C14H21N3O3S/c15-13-9-11(4-7-16-13)21(19,20)17-8-2-6-14(10-18)5-1-3-12(14)17/h4,7,9,12,18H,1-3,5-6,8,10H2,(H2,15,16)/t12-,14-/m1/s1. The summed E-state index contributed by atoms with van der Waals surface area (Å²) in [5.41, 5.74) is 5.35. The quantitative estimate of drug-likeness (QED) is 0.867. The number of pyridine rings is 1. The summed E-state index contributed by atoms with van der Waals surface area (Å²) in [7, 11) is -3.58. The number of hydrogen-bond acceptors (Lipinski definition) is 5. The number of piperidine rings is 1. The van der Waals surface area contributed by atoms with Crippen LogP contribution in [0.1, 0.15) is 32.1 Å². The van der Waals surface area contributed by atoms with Gasteiger partial charge in [0.1, 0.15) is 5.82 Å². The summed E-state index contributed by atoms with van der Waals surface area (Å²) in [6, 6.07) is 2.78. The molecule has 21 heavy (non-hydrogen) atoms. The van der Waals surface area contributed by atoms with Crippen LogP contribution < -0.4 is 5.73 Å². The summed E-state index contributed by atoms with van der Waals surface area (Å²) in [6.07, 6.45) is 5.80. The molecule has 6 nitrogen and oxygen atoms in total. The molecule has 1 aromatic rings. The second-order valence-corrected chi connectivity index (χ2v) is 7.95. The summed E-state index contributed by atoms with van der Waals surface area (Å²) in [4.78, 5) is 4.04. The van der Waals surface area contributed by atoms with E-state index in [9.17, 15) is 13.5 Å². The zero-order chi connectivity index (χ0) is 15.1. The van der Waals surface area contributed by atoms with E-state index in [-0.39, 0.29) is 28.8 Å². The molecule has 2 heterocycles. The van der Waals surface area contributed by atoms with Crippen LogP contribution in [0.5, 0.6) is 0 Å². The molecule has 7 heteroatoms. The molecule has 0 unspecified atom stereocenters. The molecule has 1 aliphatic heterocycles. The number of rotatable bonds is 3. The van der Waals surface area contributed by atoms with Crippen molar-refractivity contribution in [3.63, 3.8) is 0 Å². The molecule has 1 aromatic heterocycles. The monoisotopic (exact) mass is 311 g/mol. The van der Waals surface area contributed by atoms with E-state index in [1.54, 1.807) is 4.31 Å². The molecular weight excluding hydrogens is 290 g/mol. The SMILES string of the molecule is Nc1cc(S(=O)(=O)N2CCC[C@@]3(CO)CCC[C@@H]23)ccn1. The van der Waals surface area contributed by atoms with Crippen molar-refractivity contribution in [2.75, 3.05) is 18.9 Å². The highest BCUT2D eigenvalue weighted by atomic mass is 32.2. The maximum atomic E-state index is 12.9. The average Bonchev–Trinajstić information content (AvgIpc) is 2.91. The highest BCUT2D eigenvalue weighted by molar-refractivity contribution is 7.89. The lowest BCUT2D eigenvalue weighted by molar-refractivity contribution is 0.0328. The predicted molar refractivity (Wildman–Crippen MR) is 78.9 cm³/mol. The first kappa shape index (κ1) is 14.7. The molecule has 0 amide bonds. The Kier molecular flexibility index (Phi) is 3.67. The van der Waals surface area contributed by atoms with E-state index < -0.39 is 10.0 Å². The van der Waals surface area contributed by atoms with Gasteiger partial charge in [-0.1, -0.05) is 6.42 Å². The van der Waals surface area contributed by atoms with Crippen LogP contribution >= 0.6 is 0 Å². The van der Waals surface area contributed by atoms with Crippen LogP contribution in [0, 0.1) is 5.41 Å². The lowest BCUT2D eigenvalue weighted by Gasteiger charge is -2.44. The number of aromatic nitrogens is 1. The van der Waals surface area contributed by atoms with Gasteiger partial charge in [-0.05, 0) is 31.7 Å². The molecule has 0 radical (unpaired) electrons. The fraction of sp³-hybridized carbons (Fsp3) is 0.643. The first-order chi connectivity index (χ1) is 9.99. The minimum absolute atomic E-state index is 0.0577. The molecule has 116 valence electrons. The Morgan fingerprint density at radius 3 is 2.90 bits per heavy atom. The van der Waals surface area contributed by atoms with Gasteiger partial charge in [0.25, 0.3) is 0 Å². The van der Waals surface area contributed by atoms with Crippen LogP contribution in [0.3, 0.4) is 0 Å². The lowest BCUT2D eigenvalue weighted by atomic mass is 9.77. The van der Waals surface area contributed by atoms with Crippen LogP contribution in [0.4, 0.5) is 5.82 Å². The van der Waals surface area contributed by atoms with Crippen molar-refractivity contribution in [2.24, 2.45) is 5.41 Å². The molecule has 2 aliphatic rings. The fourth-order valence-corrected chi connectivity index (χ4v) is 5.69. The smallest absolute Gasteiger partial charge is 0.243 e. The van der Waals surface area contributed by atoms with Crippen LogP contribution in [0.2, 0.25) is 0 Å². The number of anilines is 1. The number of aliphatic hydroxyl groups is 1. The zero-order valence-corrected chi connectivity index (χ0v) is 12.7. The van der Waals surface area contributed by atoms with E-state index in [0.717, 1.165) is 32.1 Å². The van der Waals surface area contributed by atoms with Crippen molar-refractivity contribution in [3.8, 4) is 0 Å². The van der Waals surface area contributed by atoms with Crippen molar-refractivity contribution in [2.45, 2.75) is 43.0 Å². The van der Waals surface area contributed by atoms with Crippen molar-refractivity contribution in [1.29, 1.82) is 0 Å². The van der Waals surface area contributed by atoms with Gasteiger partial charge in [-0.25, -0.2) is 13.4 Å². The minimum atomic E-state index is -3.58. The third kappa shape index (κ3) is 2.33. The van der Waals surface area contributed by atoms with Gasteiger partial charge in [0.15, 0.2) is 0 Å². The number of nitrogens with two attached hydrogens (primary N) is 1. The molecule has 3 rings (SSSR count). The number of nitrogens with zero attached hydrogens (tertiary/aromatic N) is 2. The summed E-state index contributed by atoms with van der Waals surface area (Å²) in [6.45, 7) is 0.569. The Bertz CT molecular complexity index is 634. The third-order valence-electron chi connectivity index (χ3n) is 4.93. The minimum Gasteiger partial charge on any atom is -0.396 e. The van der Waals surface area contributed by atoms with Gasteiger partial charge in [-0.3, -0.25) is 0 Å². The highest BCUT2D eigenvalue weighted by Crippen LogP contribution is 2.48. The summed E-state index contributed by atoms with van der Waals surface area (Å²) < 4.78 is 27.4. The van der Waals surface area contributed by atoms with E-state index in [0.29, 0.717) is 6.54 Å². The fourth-order valence-electron chi connectivity index (χ4n) is 3.88. The van der Waals surface area contributed by atoms with E-state index in [2.05, 4.69) is 4.98 Å². The summed E-state index contributed by atoms with van der Waals surface area (Å²) >= 11 is 0. The molecule has 0 bridgehead atoms. The van der Waals surface area contributed by atoms with Gasteiger partial charge in [0.2, 0.25) is 10.0 Å². The number of aliphatic hydroxyl groups excluding tert-OH is 1. The topological polar surface area (TPSA) is 96.5 Å². The first-order valence-corrected chi connectivity index (χ1v) is 8.78. The predicted octanol–water partition coefficient (Wildman–Crippen LogP) is 0.979. The molecule has 1 aliphatic carbocycles. The number of fused-ring (bicyclic) bond motifs is 1. The Hall–Kier alpha value is -1.18. The Labute approximate surface area is 125 Å². The largest absolute Gasteiger partial charge is 0.396 e. The average molecular weight is 311 g/mol. The van der Waals surface area contributed by atoms with Gasteiger partial charge < -0.3 is 10.8 Å². The maximum absolute atomic E-state index is 12.9. The molecule has 0 aromatic carbocycles.